The van der Waals surface area contributed by atoms with Gasteiger partial charge in [0.15, 0.2) is 0 Å². The lowest BCUT2D eigenvalue weighted by Gasteiger charge is -2.29. The van der Waals surface area contributed by atoms with Gasteiger partial charge in [0.25, 0.3) is 11.8 Å². The van der Waals surface area contributed by atoms with Crippen LogP contribution in [0.2, 0.25) is 0 Å². The van der Waals surface area contributed by atoms with E-state index in [9.17, 15) is 14.4 Å². The molecular weight excluding hydrogens is 330 g/mol. The average Bonchev–Trinajstić information content (AvgIpc) is 3.23. The topological polar surface area (TPSA) is 78.5 Å². The summed E-state index contributed by atoms with van der Waals surface area (Å²) in [4.78, 5) is 39.1. The minimum atomic E-state index is -0.252. The first-order valence-corrected chi connectivity index (χ1v) is 9.73. The van der Waals surface area contributed by atoms with Crippen LogP contribution in [-0.4, -0.2) is 34.8 Å². The van der Waals surface area contributed by atoms with Gasteiger partial charge in [-0.3, -0.25) is 14.5 Å². The maximum absolute atomic E-state index is 12.8. The zero-order valence-corrected chi connectivity index (χ0v) is 14.9. The smallest absolute Gasteiger partial charge is 0.319 e. The number of carbonyl (C=O) groups excluding carboxylic acids is 3. The van der Waals surface area contributed by atoms with Crippen LogP contribution in [-0.2, 0) is 0 Å². The van der Waals surface area contributed by atoms with E-state index in [1.54, 1.807) is 18.2 Å². The number of anilines is 1. The van der Waals surface area contributed by atoms with Crippen molar-refractivity contribution in [3.8, 4) is 0 Å². The number of amides is 4. The summed E-state index contributed by atoms with van der Waals surface area (Å²) in [6.45, 7) is 0. The van der Waals surface area contributed by atoms with Crippen LogP contribution < -0.4 is 10.6 Å². The third kappa shape index (κ3) is 3.20. The minimum absolute atomic E-state index is 0.0122. The Labute approximate surface area is 153 Å². The van der Waals surface area contributed by atoms with Gasteiger partial charge in [-0.25, -0.2) is 4.79 Å². The zero-order chi connectivity index (χ0) is 18.1. The van der Waals surface area contributed by atoms with Crippen LogP contribution in [0.1, 0.15) is 78.5 Å². The molecule has 4 rings (SSSR count). The molecule has 6 heteroatoms. The Hall–Kier alpha value is -2.37. The lowest BCUT2D eigenvalue weighted by Crippen LogP contribution is -2.40. The Morgan fingerprint density at radius 1 is 0.885 bits per heavy atom. The highest BCUT2D eigenvalue weighted by Gasteiger charge is 2.40. The van der Waals surface area contributed by atoms with Gasteiger partial charge in [-0.1, -0.05) is 32.1 Å². The van der Waals surface area contributed by atoms with E-state index in [2.05, 4.69) is 10.6 Å². The first-order valence-electron chi connectivity index (χ1n) is 9.73. The van der Waals surface area contributed by atoms with Gasteiger partial charge in [-0.15, -0.1) is 0 Å². The predicted octanol–water partition coefficient (Wildman–Crippen LogP) is 3.68. The lowest BCUT2D eigenvalue weighted by molar-refractivity contribution is 0.0549. The second-order valence-corrected chi connectivity index (χ2v) is 7.61. The van der Waals surface area contributed by atoms with E-state index in [1.165, 1.54) is 11.3 Å². The van der Waals surface area contributed by atoms with Crippen LogP contribution in [0.15, 0.2) is 18.2 Å². The van der Waals surface area contributed by atoms with Crippen LogP contribution in [0.5, 0.6) is 0 Å². The third-order valence-electron chi connectivity index (χ3n) is 5.81. The van der Waals surface area contributed by atoms with E-state index in [0.717, 1.165) is 51.4 Å². The molecule has 6 nitrogen and oxygen atoms in total. The number of imide groups is 1. The number of hydrogen-bond donors (Lipinski definition) is 2. The fourth-order valence-corrected chi connectivity index (χ4v) is 4.43. The standard InChI is InChI=1S/C20H25N3O3/c24-18-16-11-10-14(22-20(26)21-13-6-4-5-7-13)12-17(16)19(25)23(18)15-8-2-1-3-9-15/h10-13,15H,1-9H2,(H2,21,22,26). The van der Waals surface area contributed by atoms with Gasteiger partial charge < -0.3 is 10.6 Å². The average molecular weight is 355 g/mol. The molecule has 0 atom stereocenters. The van der Waals surface area contributed by atoms with Crippen molar-refractivity contribution in [2.45, 2.75) is 69.9 Å². The quantitative estimate of drug-likeness (QED) is 0.812. The molecular formula is C20H25N3O3. The van der Waals surface area contributed by atoms with Crippen molar-refractivity contribution in [3.05, 3.63) is 29.3 Å². The fraction of sp³-hybridized carbons (Fsp3) is 0.550. The van der Waals surface area contributed by atoms with Crippen molar-refractivity contribution in [1.29, 1.82) is 0 Å². The second-order valence-electron chi connectivity index (χ2n) is 7.61. The van der Waals surface area contributed by atoms with Crippen LogP contribution in [0.3, 0.4) is 0 Å². The van der Waals surface area contributed by atoms with Gasteiger partial charge in [0.05, 0.1) is 11.1 Å². The van der Waals surface area contributed by atoms with E-state index in [-0.39, 0.29) is 29.9 Å². The van der Waals surface area contributed by atoms with Gasteiger partial charge in [0.2, 0.25) is 0 Å². The molecule has 0 radical (unpaired) electrons. The van der Waals surface area contributed by atoms with Crippen molar-refractivity contribution in [2.24, 2.45) is 0 Å². The summed E-state index contributed by atoms with van der Waals surface area (Å²) in [6, 6.07) is 4.98. The molecule has 0 aromatic heterocycles. The molecule has 4 amide bonds. The van der Waals surface area contributed by atoms with Crippen molar-refractivity contribution >= 4 is 23.5 Å². The number of fused-ring (bicyclic) bond motifs is 1. The molecule has 1 aromatic rings. The van der Waals surface area contributed by atoms with Gasteiger partial charge in [0, 0.05) is 17.8 Å². The molecule has 2 N–H and O–H groups in total. The maximum Gasteiger partial charge on any atom is 0.319 e. The monoisotopic (exact) mass is 355 g/mol. The maximum atomic E-state index is 12.8. The van der Waals surface area contributed by atoms with E-state index >= 15 is 0 Å². The second kappa shape index (κ2) is 7.09. The largest absolute Gasteiger partial charge is 0.335 e. The number of nitrogens with one attached hydrogen (secondary N) is 2. The molecule has 138 valence electrons. The fourth-order valence-electron chi connectivity index (χ4n) is 4.43. The molecule has 0 saturated heterocycles. The minimum Gasteiger partial charge on any atom is -0.335 e. The van der Waals surface area contributed by atoms with Gasteiger partial charge >= 0.3 is 6.03 Å². The highest BCUT2D eigenvalue weighted by molar-refractivity contribution is 6.22. The van der Waals surface area contributed by atoms with E-state index in [1.807, 2.05) is 0 Å². The van der Waals surface area contributed by atoms with Crippen LogP contribution in [0.4, 0.5) is 10.5 Å². The van der Waals surface area contributed by atoms with Crippen molar-refractivity contribution in [2.75, 3.05) is 5.32 Å². The van der Waals surface area contributed by atoms with Crippen LogP contribution in [0, 0.1) is 0 Å². The zero-order valence-electron chi connectivity index (χ0n) is 14.9. The SMILES string of the molecule is O=C(Nc1ccc2c(c1)C(=O)N(C1CCCCC1)C2=O)NC1CCCC1. The van der Waals surface area contributed by atoms with Gasteiger partial charge in [-0.05, 0) is 43.9 Å². The molecule has 0 spiro atoms. The van der Waals surface area contributed by atoms with Crippen molar-refractivity contribution in [3.63, 3.8) is 0 Å². The summed E-state index contributed by atoms with van der Waals surface area (Å²) in [7, 11) is 0. The van der Waals surface area contributed by atoms with Crippen molar-refractivity contribution in [1.82, 2.24) is 10.2 Å². The molecule has 3 aliphatic rings. The van der Waals surface area contributed by atoms with Crippen molar-refractivity contribution < 1.29 is 14.4 Å². The summed E-state index contributed by atoms with van der Waals surface area (Å²) >= 11 is 0. The molecule has 0 bridgehead atoms. The highest BCUT2D eigenvalue weighted by atomic mass is 16.2. The summed E-state index contributed by atoms with van der Waals surface area (Å²) < 4.78 is 0. The Morgan fingerprint density at radius 2 is 1.54 bits per heavy atom. The predicted molar refractivity (Wildman–Crippen MR) is 98.2 cm³/mol. The summed E-state index contributed by atoms with van der Waals surface area (Å²) in [5, 5.41) is 5.76. The number of carbonyl (C=O) groups is 3. The van der Waals surface area contributed by atoms with E-state index in [0.29, 0.717) is 16.8 Å². The molecule has 1 aromatic carbocycles. The molecule has 1 aliphatic heterocycles. The van der Waals surface area contributed by atoms with Gasteiger partial charge in [-0.2, -0.15) is 0 Å². The highest BCUT2D eigenvalue weighted by Crippen LogP contribution is 2.32. The number of hydrogen-bond acceptors (Lipinski definition) is 3. The Morgan fingerprint density at radius 3 is 2.27 bits per heavy atom. The normalized spacial score (nSPS) is 21.2. The molecule has 26 heavy (non-hydrogen) atoms. The van der Waals surface area contributed by atoms with Gasteiger partial charge in [0.1, 0.15) is 0 Å². The first-order chi connectivity index (χ1) is 12.6. The number of rotatable bonds is 3. The van der Waals surface area contributed by atoms with Crippen LogP contribution >= 0.6 is 0 Å². The van der Waals surface area contributed by atoms with Crippen LogP contribution in [0.25, 0.3) is 0 Å². The number of nitrogens with zero attached hydrogens (tertiary/aromatic N) is 1. The Balaban J connectivity index is 1.47. The summed E-state index contributed by atoms with van der Waals surface area (Å²) in [6.07, 6.45) is 9.40. The summed E-state index contributed by atoms with van der Waals surface area (Å²) in [5.74, 6) is -0.421. The number of urea groups is 1. The molecule has 2 aliphatic carbocycles. The molecule has 0 unspecified atom stereocenters. The van der Waals surface area contributed by atoms with E-state index < -0.39 is 0 Å². The molecule has 1 heterocycles. The first kappa shape index (κ1) is 17.1. The lowest BCUT2D eigenvalue weighted by atomic mass is 9.94. The van der Waals surface area contributed by atoms with E-state index in [4.69, 9.17) is 0 Å². The summed E-state index contributed by atoms with van der Waals surface area (Å²) in [5.41, 5.74) is 1.40. The third-order valence-corrected chi connectivity index (χ3v) is 5.81. The Bertz CT molecular complexity index is 734. The molecule has 2 fully saturated rings. The Kier molecular flexibility index (Phi) is 4.66. The molecule has 2 saturated carbocycles. The number of benzene rings is 1.